The van der Waals surface area contributed by atoms with Gasteiger partial charge in [-0.1, -0.05) is 97.1 Å². The first kappa shape index (κ1) is 32.1. The highest BCUT2D eigenvalue weighted by atomic mass is 16.5. The van der Waals surface area contributed by atoms with Crippen LogP contribution in [0.15, 0.2) is 144 Å². The highest BCUT2D eigenvalue weighted by Crippen LogP contribution is 2.64. The molecule has 55 heavy (non-hydrogen) atoms. The lowest BCUT2D eigenvalue weighted by molar-refractivity contribution is 0.130. The summed E-state index contributed by atoms with van der Waals surface area (Å²) in [6.45, 7) is 9.47. The lowest BCUT2D eigenvalue weighted by Gasteiger charge is -2.31. The average Bonchev–Trinajstić information content (AvgIpc) is 3.94. The summed E-state index contributed by atoms with van der Waals surface area (Å²) in [6.07, 6.45) is 3.88. The monoisotopic (exact) mass is 714 g/mol. The summed E-state index contributed by atoms with van der Waals surface area (Å²) >= 11 is 0. The number of aliphatic imine (C=N–C) groups is 2. The van der Waals surface area contributed by atoms with Crippen molar-refractivity contribution in [1.29, 1.82) is 0 Å². The molecule has 4 aliphatic rings. The summed E-state index contributed by atoms with van der Waals surface area (Å²) in [6, 6.07) is 44.7. The van der Waals surface area contributed by atoms with Gasteiger partial charge < -0.3 is 9.47 Å². The van der Waals surface area contributed by atoms with Gasteiger partial charge >= 0.3 is 0 Å². The molecule has 11 rings (SSSR count). The number of pyridine rings is 2. The van der Waals surface area contributed by atoms with E-state index in [1.165, 1.54) is 55.3 Å². The molecule has 7 aromatic rings. The minimum atomic E-state index is -0.501. The fourth-order valence-electron chi connectivity index (χ4n) is 9.16. The van der Waals surface area contributed by atoms with Gasteiger partial charge in [0.2, 0.25) is 11.8 Å². The van der Waals surface area contributed by atoms with E-state index >= 15 is 0 Å². The van der Waals surface area contributed by atoms with Gasteiger partial charge in [-0.05, 0) is 118 Å². The number of nitrogens with zero attached hydrogens (tertiary/aromatic N) is 4. The van der Waals surface area contributed by atoms with Crippen molar-refractivity contribution in [3.8, 4) is 44.5 Å². The molecule has 0 saturated heterocycles. The van der Waals surface area contributed by atoms with E-state index in [1.54, 1.807) is 0 Å². The lowest BCUT2D eigenvalue weighted by atomic mass is 9.69. The van der Waals surface area contributed by atoms with Crippen molar-refractivity contribution < 1.29 is 9.47 Å². The van der Waals surface area contributed by atoms with E-state index in [2.05, 4.69) is 133 Å². The summed E-state index contributed by atoms with van der Waals surface area (Å²) in [5.41, 5.74) is 15.1. The minimum Gasteiger partial charge on any atom is -0.468 e. The maximum Gasteiger partial charge on any atom is 0.236 e. The third-order valence-electron chi connectivity index (χ3n) is 11.6. The standard InChI is InChI=1S/C49H38N4O2/c1-47(2)27-52-45(54-47)42-21-16-32(25-50-42)29-13-18-34-31(23-29)15-20-38-37-19-14-30(33-17-22-43(51-26-33)46-53-28-48(3,4)55-46)24-41(37)49(44(34)38)39-11-7-5-9-35(39)36-10-6-8-12-40(36)49/h5-26H,27-28H2,1-4H3. The molecule has 0 fully saturated rings. The van der Waals surface area contributed by atoms with Gasteiger partial charge in [-0.2, -0.15) is 0 Å². The molecular formula is C49H38N4O2. The molecule has 2 aromatic heterocycles. The van der Waals surface area contributed by atoms with Crippen LogP contribution in [-0.4, -0.2) is 46.1 Å². The molecule has 6 nitrogen and oxygen atoms in total. The van der Waals surface area contributed by atoms with Crippen LogP contribution < -0.4 is 0 Å². The van der Waals surface area contributed by atoms with Gasteiger partial charge in [0.05, 0.1) is 18.5 Å². The van der Waals surface area contributed by atoms with Crippen LogP contribution in [-0.2, 0) is 14.9 Å². The Hall–Kier alpha value is -6.40. The molecule has 2 aliphatic carbocycles. The Morgan fingerprint density at radius 3 is 1.53 bits per heavy atom. The van der Waals surface area contributed by atoms with Gasteiger partial charge in [0.1, 0.15) is 22.6 Å². The molecule has 0 N–H and O–H groups in total. The fraction of sp³-hybridized carbons (Fsp3) is 0.184. The molecule has 6 heteroatoms. The van der Waals surface area contributed by atoms with Crippen molar-refractivity contribution in [2.24, 2.45) is 9.98 Å². The van der Waals surface area contributed by atoms with Gasteiger partial charge in [0.25, 0.3) is 0 Å². The minimum absolute atomic E-state index is 0.297. The van der Waals surface area contributed by atoms with Crippen LogP contribution >= 0.6 is 0 Å². The molecule has 0 amide bonds. The van der Waals surface area contributed by atoms with Crippen LogP contribution in [0.2, 0.25) is 0 Å². The normalized spacial score (nSPS) is 17.5. The second-order valence-electron chi connectivity index (χ2n) is 16.4. The third-order valence-corrected chi connectivity index (χ3v) is 11.6. The second-order valence-corrected chi connectivity index (χ2v) is 16.4. The van der Waals surface area contributed by atoms with Crippen molar-refractivity contribution in [1.82, 2.24) is 9.97 Å². The van der Waals surface area contributed by atoms with E-state index < -0.39 is 5.41 Å². The van der Waals surface area contributed by atoms with E-state index in [0.717, 1.165) is 33.6 Å². The smallest absolute Gasteiger partial charge is 0.236 e. The zero-order valence-corrected chi connectivity index (χ0v) is 31.2. The molecule has 0 saturated carbocycles. The SMILES string of the molecule is CC1(C)CN=C(c2ccc(-c3ccc4c(c3)C3(c5ccccc5-c5ccccc53)c3c-4ccc4cc(-c5ccc(C6=NCC(C)(C)O6)nc5)ccc34)cn2)O1. The Kier molecular flexibility index (Phi) is 6.59. The molecular weight excluding hydrogens is 677 g/mol. The van der Waals surface area contributed by atoms with E-state index in [0.29, 0.717) is 24.9 Å². The molecule has 266 valence electrons. The molecule has 0 radical (unpaired) electrons. The Bertz CT molecular complexity index is 2770. The average molecular weight is 715 g/mol. The van der Waals surface area contributed by atoms with Crippen LogP contribution in [0.25, 0.3) is 55.3 Å². The van der Waals surface area contributed by atoms with Crippen LogP contribution in [0.4, 0.5) is 0 Å². The van der Waals surface area contributed by atoms with Crippen molar-refractivity contribution in [3.63, 3.8) is 0 Å². The first-order valence-corrected chi connectivity index (χ1v) is 19.0. The van der Waals surface area contributed by atoms with E-state index in [4.69, 9.17) is 19.4 Å². The summed E-state index contributed by atoms with van der Waals surface area (Å²) in [7, 11) is 0. The molecule has 4 heterocycles. The van der Waals surface area contributed by atoms with Crippen LogP contribution in [0.3, 0.4) is 0 Å². The van der Waals surface area contributed by atoms with Crippen molar-refractivity contribution in [2.75, 3.05) is 13.1 Å². The maximum absolute atomic E-state index is 6.08. The number of rotatable bonds is 4. The van der Waals surface area contributed by atoms with Gasteiger partial charge in [-0.25, -0.2) is 9.98 Å². The number of ether oxygens (including phenoxy) is 2. The first-order chi connectivity index (χ1) is 26.7. The topological polar surface area (TPSA) is 69.0 Å². The van der Waals surface area contributed by atoms with Gasteiger partial charge in [-0.3, -0.25) is 9.97 Å². The quantitative estimate of drug-likeness (QED) is 0.182. The number of hydrogen-bond donors (Lipinski definition) is 0. The fourth-order valence-corrected chi connectivity index (χ4v) is 9.16. The molecule has 0 bridgehead atoms. The van der Waals surface area contributed by atoms with Crippen molar-refractivity contribution >= 4 is 22.6 Å². The van der Waals surface area contributed by atoms with Crippen LogP contribution in [0, 0.1) is 0 Å². The Labute approximate surface area is 320 Å². The van der Waals surface area contributed by atoms with E-state index in [-0.39, 0.29) is 11.2 Å². The summed E-state index contributed by atoms with van der Waals surface area (Å²) in [4.78, 5) is 18.8. The Balaban J connectivity index is 1.06. The van der Waals surface area contributed by atoms with Gasteiger partial charge in [-0.15, -0.1) is 0 Å². The first-order valence-electron chi connectivity index (χ1n) is 19.0. The predicted octanol–water partition coefficient (Wildman–Crippen LogP) is 10.4. The zero-order valence-electron chi connectivity index (χ0n) is 31.2. The number of aromatic nitrogens is 2. The highest BCUT2D eigenvalue weighted by Gasteiger charge is 2.52. The van der Waals surface area contributed by atoms with Gasteiger partial charge in [0, 0.05) is 23.5 Å². The molecule has 0 unspecified atom stereocenters. The summed E-state index contributed by atoms with van der Waals surface area (Å²) in [5, 5.41) is 2.44. The van der Waals surface area contributed by atoms with Crippen molar-refractivity contribution in [2.45, 2.75) is 44.3 Å². The Morgan fingerprint density at radius 2 is 0.982 bits per heavy atom. The van der Waals surface area contributed by atoms with Crippen LogP contribution in [0.5, 0.6) is 0 Å². The Morgan fingerprint density at radius 1 is 0.473 bits per heavy atom. The van der Waals surface area contributed by atoms with E-state index in [1.807, 2.05) is 38.4 Å². The highest BCUT2D eigenvalue weighted by molar-refractivity contribution is 6.05. The number of hydrogen-bond acceptors (Lipinski definition) is 6. The predicted molar refractivity (Wildman–Crippen MR) is 220 cm³/mol. The largest absolute Gasteiger partial charge is 0.468 e. The van der Waals surface area contributed by atoms with Gasteiger partial charge in [0.15, 0.2) is 0 Å². The lowest BCUT2D eigenvalue weighted by Crippen LogP contribution is -2.26. The molecule has 0 atom stereocenters. The second kappa shape index (κ2) is 11.3. The zero-order chi connectivity index (χ0) is 37.1. The molecule has 2 aliphatic heterocycles. The third kappa shape index (κ3) is 4.73. The number of fused-ring (bicyclic) bond motifs is 12. The van der Waals surface area contributed by atoms with Crippen molar-refractivity contribution in [3.05, 3.63) is 167 Å². The van der Waals surface area contributed by atoms with E-state index in [9.17, 15) is 0 Å². The van der Waals surface area contributed by atoms with Crippen LogP contribution in [0.1, 0.15) is 61.3 Å². The molecule has 5 aromatic carbocycles. The summed E-state index contributed by atoms with van der Waals surface area (Å²) in [5.74, 6) is 1.22. The molecule has 1 spiro atoms. The number of benzene rings is 5. The maximum atomic E-state index is 6.08. The summed E-state index contributed by atoms with van der Waals surface area (Å²) < 4.78 is 12.1.